The third kappa shape index (κ3) is 4.43. The number of piperidine rings is 1. The Hall–Kier alpha value is -0.660. The quantitative estimate of drug-likeness (QED) is 0.787. The second kappa shape index (κ2) is 7.38. The van der Waals surface area contributed by atoms with E-state index >= 15 is 0 Å². The highest BCUT2D eigenvalue weighted by Crippen LogP contribution is 2.25. The van der Waals surface area contributed by atoms with Crippen molar-refractivity contribution in [2.75, 3.05) is 19.7 Å². The van der Waals surface area contributed by atoms with Crippen LogP contribution in [0.4, 0.5) is 0 Å². The first-order valence-corrected chi connectivity index (χ1v) is 7.97. The number of benzene rings is 1. The molecular formula is C15H20INO3. The van der Waals surface area contributed by atoms with E-state index in [9.17, 15) is 4.79 Å². The highest BCUT2D eigenvalue weighted by Gasteiger charge is 2.24. The minimum atomic E-state index is -0.889. The zero-order valence-corrected chi connectivity index (χ0v) is 13.7. The molecule has 0 bridgehead atoms. The van der Waals surface area contributed by atoms with Gasteiger partial charge in [0.25, 0.3) is 0 Å². The van der Waals surface area contributed by atoms with Crippen molar-refractivity contribution in [3.63, 3.8) is 0 Å². The first-order valence-electron chi connectivity index (χ1n) is 6.89. The lowest BCUT2D eigenvalue weighted by atomic mass is 10.0. The van der Waals surface area contributed by atoms with Crippen molar-refractivity contribution in [2.24, 2.45) is 0 Å². The molecule has 1 aromatic carbocycles. The number of aliphatic carboxylic acids is 1. The number of carbonyl (C=O) groups is 1. The maximum atomic E-state index is 10.5. The lowest BCUT2D eigenvalue weighted by Crippen LogP contribution is -2.39. The van der Waals surface area contributed by atoms with Gasteiger partial charge in [0.1, 0.15) is 6.61 Å². The highest BCUT2D eigenvalue weighted by atomic mass is 127. The SMILES string of the molecule is CC(c1ccc(I)cc1)N1CCC(OCC(=O)O)CC1. The molecule has 0 saturated carbocycles. The van der Waals surface area contributed by atoms with Crippen LogP contribution in [-0.2, 0) is 9.53 Å². The van der Waals surface area contributed by atoms with Crippen molar-refractivity contribution >= 4 is 28.6 Å². The molecule has 1 atom stereocenters. The molecule has 1 aromatic rings. The molecule has 0 spiro atoms. The van der Waals surface area contributed by atoms with Crippen LogP contribution in [0.2, 0.25) is 0 Å². The molecule has 2 rings (SSSR count). The topological polar surface area (TPSA) is 49.8 Å². The summed E-state index contributed by atoms with van der Waals surface area (Å²) < 4.78 is 6.62. The van der Waals surface area contributed by atoms with E-state index in [1.54, 1.807) is 0 Å². The van der Waals surface area contributed by atoms with Gasteiger partial charge in [0.15, 0.2) is 0 Å². The van der Waals surface area contributed by atoms with Gasteiger partial charge in [0.05, 0.1) is 6.10 Å². The van der Waals surface area contributed by atoms with E-state index in [4.69, 9.17) is 9.84 Å². The standard InChI is InChI=1S/C15H20INO3/c1-11(12-2-4-13(16)5-3-12)17-8-6-14(7-9-17)20-10-15(18)19/h2-5,11,14H,6-10H2,1H3,(H,18,19). The van der Waals surface area contributed by atoms with Gasteiger partial charge in [-0.15, -0.1) is 0 Å². The normalized spacial score (nSPS) is 18.9. The summed E-state index contributed by atoms with van der Waals surface area (Å²) in [4.78, 5) is 12.9. The maximum absolute atomic E-state index is 10.5. The van der Waals surface area contributed by atoms with Crippen molar-refractivity contribution in [1.82, 2.24) is 4.90 Å². The van der Waals surface area contributed by atoms with Crippen LogP contribution >= 0.6 is 22.6 Å². The molecule has 4 nitrogen and oxygen atoms in total. The second-order valence-corrected chi connectivity index (χ2v) is 6.41. The molecule has 110 valence electrons. The Bertz CT molecular complexity index is 441. The summed E-state index contributed by atoms with van der Waals surface area (Å²) in [7, 11) is 0. The van der Waals surface area contributed by atoms with Crippen molar-refractivity contribution in [3.8, 4) is 0 Å². The molecule has 1 fully saturated rings. The number of nitrogens with zero attached hydrogens (tertiary/aromatic N) is 1. The molecule has 1 heterocycles. The molecule has 0 radical (unpaired) electrons. The fourth-order valence-corrected chi connectivity index (χ4v) is 2.93. The Kier molecular flexibility index (Phi) is 5.80. The number of ether oxygens (including phenoxy) is 1. The summed E-state index contributed by atoms with van der Waals surface area (Å²) in [5, 5.41) is 8.62. The summed E-state index contributed by atoms with van der Waals surface area (Å²) in [6, 6.07) is 9.02. The highest BCUT2D eigenvalue weighted by molar-refractivity contribution is 14.1. The Balaban J connectivity index is 1.83. The zero-order chi connectivity index (χ0) is 14.5. The molecule has 1 unspecified atom stereocenters. The molecular weight excluding hydrogens is 369 g/mol. The number of likely N-dealkylation sites (tertiary alicyclic amines) is 1. The monoisotopic (exact) mass is 389 g/mol. The number of halogens is 1. The average molecular weight is 389 g/mol. The molecule has 1 aliphatic rings. The first kappa shape index (κ1) is 15.7. The van der Waals surface area contributed by atoms with Gasteiger partial charge in [-0.3, -0.25) is 4.90 Å². The van der Waals surface area contributed by atoms with Gasteiger partial charge in [0, 0.05) is 22.7 Å². The third-order valence-corrected chi connectivity index (χ3v) is 4.54. The summed E-state index contributed by atoms with van der Waals surface area (Å²) in [5.74, 6) is -0.889. The van der Waals surface area contributed by atoms with Crippen molar-refractivity contribution in [2.45, 2.75) is 31.9 Å². The largest absolute Gasteiger partial charge is 0.480 e. The van der Waals surface area contributed by atoms with E-state index in [2.05, 4.69) is 58.7 Å². The van der Waals surface area contributed by atoms with Crippen LogP contribution in [0.1, 0.15) is 31.4 Å². The predicted octanol–water partition coefficient (Wildman–Crippen LogP) is 2.92. The summed E-state index contributed by atoms with van der Waals surface area (Å²) in [6.45, 7) is 3.95. The van der Waals surface area contributed by atoms with E-state index in [1.165, 1.54) is 9.13 Å². The molecule has 0 aromatic heterocycles. The van der Waals surface area contributed by atoms with Gasteiger partial charge in [-0.2, -0.15) is 0 Å². The van der Waals surface area contributed by atoms with Crippen LogP contribution in [0, 0.1) is 3.57 Å². The van der Waals surface area contributed by atoms with E-state index in [-0.39, 0.29) is 12.7 Å². The van der Waals surface area contributed by atoms with Crippen LogP contribution < -0.4 is 0 Å². The lowest BCUT2D eigenvalue weighted by molar-refractivity contribution is -0.145. The Morgan fingerprint density at radius 3 is 2.55 bits per heavy atom. The fourth-order valence-electron chi connectivity index (χ4n) is 2.57. The van der Waals surface area contributed by atoms with Crippen molar-refractivity contribution in [1.29, 1.82) is 0 Å². The van der Waals surface area contributed by atoms with Gasteiger partial charge in [-0.25, -0.2) is 4.79 Å². The maximum Gasteiger partial charge on any atom is 0.329 e. The number of hydrogen-bond acceptors (Lipinski definition) is 3. The van der Waals surface area contributed by atoms with Gasteiger partial charge >= 0.3 is 5.97 Å². The van der Waals surface area contributed by atoms with Crippen LogP contribution in [0.15, 0.2) is 24.3 Å². The minimum absolute atomic E-state index is 0.0891. The van der Waals surface area contributed by atoms with E-state index in [1.807, 2.05) is 0 Å². The molecule has 1 N–H and O–H groups in total. The van der Waals surface area contributed by atoms with Crippen LogP contribution in [0.3, 0.4) is 0 Å². The number of carboxylic acid groups (broad SMARTS) is 1. The molecule has 20 heavy (non-hydrogen) atoms. The van der Waals surface area contributed by atoms with Crippen LogP contribution in [-0.4, -0.2) is 41.8 Å². The van der Waals surface area contributed by atoms with Gasteiger partial charge < -0.3 is 9.84 Å². The van der Waals surface area contributed by atoms with E-state index < -0.39 is 5.97 Å². The fraction of sp³-hybridized carbons (Fsp3) is 0.533. The average Bonchev–Trinajstić information content (AvgIpc) is 2.46. The third-order valence-electron chi connectivity index (χ3n) is 3.82. The van der Waals surface area contributed by atoms with Crippen LogP contribution in [0.5, 0.6) is 0 Å². The van der Waals surface area contributed by atoms with E-state index in [0.29, 0.717) is 6.04 Å². The number of carboxylic acids is 1. The van der Waals surface area contributed by atoms with Gasteiger partial charge in [-0.05, 0) is 60.1 Å². The minimum Gasteiger partial charge on any atom is -0.480 e. The van der Waals surface area contributed by atoms with Crippen molar-refractivity contribution in [3.05, 3.63) is 33.4 Å². The second-order valence-electron chi connectivity index (χ2n) is 5.17. The Labute approximate surface area is 133 Å². The predicted molar refractivity (Wildman–Crippen MR) is 85.8 cm³/mol. The van der Waals surface area contributed by atoms with Gasteiger partial charge in [0.2, 0.25) is 0 Å². The molecule has 1 aliphatic heterocycles. The van der Waals surface area contributed by atoms with E-state index in [0.717, 1.165) is 25.9 Å². The number of hydrogen-bond donors (Lipinski definition) is 1. The Morgan fingerprint density at radius 2 is 2.00 bits per heavy atom. The van der Waals surface area contributed by atoms with Crippen LogP contribution in [0.25, 0.3) is 0 Å². The lowest BCUT2D eigenvalue weighted by Gasteiger charge is -2.36. The van der Waals surface area contributed by atoms with Gasteiger partial charge in [-0.1, -0.05) is 12.1 Å². The molecule has 5 heteroatoms. The molecule has 1 saturated heterocycles. The summed E-state index contributed by atoms with van der Waals surface area (Å²) in [5.41, 5.74) is 1.33. The Morgan fingerprint density at radius 1 is 1.40 bits per heavy atom. The summed E-state index contributed by atoms with van der Waals surface area (Å²) in [6.07, 6.45) is 1.90. The smallest absolute Gasteiger partial charge is 0.329 e. The first-order chi connectivity index (χ1) is 9.56. The summed E-state index contributed by atoms with van der Waals surface area (Å²) >= 11 is 2.31. The molecule has 0 amide bonds. The molecule has 0 aliphatic carbocycles. The van der Waals surface area contributed by atoms with Crippen molar-refractivity contribution < 1.29 is 14.6 Å². The number of rotatable bonds is 5. The zero-order valence-electron chi connectivity index (χ0n) is 11.6.